The van der Waals surface area contributed by atoms with E-state index in [0.29, 0.717) is 43.2 Å². The van der Waals surface area contributed by atoms with E-state index in [1.165, 1.54) is 0 Å². The molecule has 5 aromatic rings. The summed E-state index contributed by atoms with van der Waals surface area (Å²) in [5, 5.41) is 11.8. The van der Waals surface area contributed by atoms with E-state index in [1.807, 2.05) is 56.3 Å². The molecule has 0 spiro atoms. The number of ether oxygens (including phenoxy) is 2. The molecule has 0 aliphatic heterocycles. The summed E-state index contributed by atoms with van der Waals surface area (Å²) in [5.74, 6) is 0.790. The largest absolute Gasteiger partial charge is 0.494 e. The topological polar surface area (TPSA) is 123 Å². The number of fused-ring (bicyclic) bond motifs is 1. The number of benzene rings is 2. The molecule has 9 nitrogen and oxygen atoms in total. The van der Waals surface area contributed by atoms with Crippen LogP contribution in [0.5, 0.6) is 11.5 Å². The lowest BCUT2D eigenvalue weighted by Crippen LogP contribution is -2.38. The molecule has 3 heterocycles. The Bertz CT molecular complexity index is 1760. The highest BCUT2D eigenvalue weighted by molar-refractivity contribution is 8.00. The van der Waals surface area contributed by atoms with Crippen LogP contribution >= 0.6 is 11.8 Å². The third-order valence-electron chi connectivity index (χ3n) is 8.38. The minimum Gasteiger partial charge on any atom is -0.494 e. The maximum atomic E-state index is 13.2. The number of carboxylic acids is 1. The summed E-state index contributed by atoms with van der Waals surface area (Å²) in [4.78, 5) is 35.2. The lowest BCUT2D eigenvalue weighted by molar-refractivity contribution is -0.151. The van der Waals surface area contributed by atoms with E-state index < -0.39 is 11.4 Å². The lowest BCUT2D eigenvalue weighted by atomic mass is 9.67. The molecule has 0 fully saturated rings. The Balaban J connectivity index is 1.57. The molecule has 0 bridgehead atoms. The first-order chi connectivity index (χ1) is 22.1. The van der Waals surface area contributed by atoms with Crippen LogP contribution in [0.1, 0.15) is 70.3 Å². The van der Waals surface area contributed by atoms with Crippen LogP contribution in [-0.2, 0) is 17.8 Å². The van der Waals surface area contributed by atoms with E-state index in [9.17, 15) is 9.90 Å². The first-order valence-electron chi connectivity index (χ1n) is 15.5. The number of carboxylic acid groups (broad SMARTS) is 1. The van der Waals surface area contributed by atoms with E-state index >= 15 is 0 Å². The highest BCUT2D eigenvalue weighted by Gasteiger charge is 2.45. The van der Waals surface area contributed by atoms with Crippen LogP contribution in [0.15, 0.2) is 78.3 Å². The van der Waals surface area contributed by atoms with Crippen LogP contribution in [0.4, 0.5) is 0 Å². The van der Waals surface area contributed by atoms with Gasteiger partial charge in [0.25, 0.3) is 0 Å². The molecule has 1 unspecified atom stereocenters. The van der Waals surface area contributed by atoms with E-state index in [0.717, 1.165) is 38.3 Å². The number of hydrogen-bond acceptors (Lipinski definition) is 8. The van der Waals surface area contributed by atoms with Crippen LogP contribution in [0.2, 0.25) is 0 Å². The van der Waals surface area contributed by atoms with Crippen LogP contribution in [-0.4, -0.2) is 47.9 Å². The summed E-state index contributed by atoms with van der Waals surface area (Å²) in [7, 11) is 1.58. The number of carbonyl (C=O) groups is 1. The Morgan fingerprint density at radius 1 is 0.957 bits per heavy atom. The number of nitrogens with one attached hydrogen (secondary N) is 1. The average molecular weight is 640 g/mol. The second-order valence-corrected chi connectivity index (χ2v) is 14.2. The van der Waals surface area contributed by atoms with E-state index in [2.05, 4.69) is 45.7 Å². The van der Waals surface area contributed by atoms with Gasteiger partial charge in [-0.1, -0.05) is 58.9 Å². The van der Waals surface area contributed by atoms with Gasteiger partial charge < -0.3 is 19.6 Å². The standard InChI is InChI=1S/C36H41N5O4S/c1-7-36(8-2,34(42)43)29(17-23-9-11-24(12-10-23)33-39-20-27(44-6)21-40-33)31-32(46-35(3,4)5)28-18-26(13-14-30(28)41-31)45-22-25-19-37-15-16-38-25/h9-16,18-21,29,41H,7-8,17,22H2,1-6H3,(H,42,43). The Morgan fingerprint density at radius 3 is 2.26 bits per heavy atom. The number of aliphatic carboxylic acids is 1. The van der Waals surface area contributed by atoms with Gasteiger partial charge in [0.05, 0.1) is 36.8 Å². The number of H-pyrrole nitrogens is 1. The second-order valence-electron chi connectivity index (χ2n) is 12.3. The van der Waals surface area contributed by atoms with Crippen molar-refractivity contribution >= 4 is 28.6 Å². The van der Waals surface area contributed by atoms with Crippen molar-refractivity contribution in [1.29, 1.82) is 0 Å². The molecule has 0 amide bonds. The van der Waals surface area contributed by atoms with E-state index in [4.69, 9.17) is 9.47 Å². The molecular weight excluding hydrogens is 598 g/mol. The van der Waals surface area contributed by atoms with Gasteiger partial charge in [0.15, 0.2) is 11.6 Å². The third-order valence-corrected chi connectivity index (χ3v) is 9.64. The Morgan fingerprint density at radius 2 is 1.67 bits per heavy atom. The smallest absolute Gasteiger partial charge is 0.310 e. The summed E-state index contributed by atoms with van der Waals surface area (Å²) in [6.07, 6.45) is 9.78. The van der Waals surface area contributed by atoms with Crippen molar-refractivity contribution in [3.63, 3.8) is 0 Å². The van der Waals surface area contributed by atoms with Crippen LogP contribution in [0.3, 0.4) is 0 Å². The highest BCUT2D eigenvalue weighted by Crippen LogP contribution is 2.50. The normalized spacial score (nSPS) is 12.7. The lowest BCUT2D eigenvalue weighted by Gasteiger charge is -2.36. The van der Waals surface area contributed by atoms with Crippen molar-refractivity contribution in [2.75, 3.05) is 7.11 Å². The van der Waals surface area contributed by atoms with E-state index in [-0.39, 0.29) is 10.7 Å². The van der Waals surface area contributed by atoms with Crippen molar-refractivity contribution in [1.82, 2.24) is 24.9 Å². The predicted octanol–water partition coefficient (Wildman–Crippen LogP) is 8.11. The molecular formula is C36H41N5O4S. The summed E-state index contributed by atoms with van der Waals surface area (Å²) in [5.41, 5.74) is 3.54. The number of rotatable bonds is 13. The molecule has 0 saturated carbocycles. The first kappa shape index (κ1) is 32.9. The number of aromatic amines is 1. The number of aromatic nitrogens is 5. The van der Waals surface area contributed by atoms with Gasteiger partial charge in [-0.15, -0.1) is 11.8 Å². The summed E-state index contributed by atoms with van der Waals surface area (Å²) >= 11 is 1.75. The van der Waals surface area contributed by atoms with Crippen molar-refractivity contribution in [3.05, 3.63) is 90.4 Å². The van der Waals surface area contributed by atoms with Crippen molar-refractivity contribution < 1.29 is 19.4 Å². The van der Waals surface area contributed by atoms with Gasteiger partial charge in [-0.2, -0.15) is 0 Å². The second kappa shape index (κ2) is 13.9. The van der Waals surface area contributed by atoms with Gasteiger partial charge in [0.1, 0.15) is 12.4 Å². The number of thioether (sulfide) groups is 1. The zero-order chi connectivity index (χ0) is 32.9. The van der Waals surface area contributed by atoms with Crippen LogP contribution < -0.4 is 9.47 Å². The Labute approximate surface area is 274 Å². The quantitative estimate of drug-likeness (QED) is 0.123. The molecule has 5 rings (SSSR count). The summed E-state index contributed by atoms with van der Waals surface area (Å²) in [6.45, 7) is 10.8. The summed E-state index contributed by atoms with van der Waals surface area (Å²) < 4.78 is 11.2. The van der Waals surface area contributed by atoms with Gasteiger partial charge in [0, 0.05) is 50.1 Å². The Hall–Kier alpha value is -4.44. The first-order valence-corrected chi connectivity index (χ1v) is 16.3. The fraction of sp³-hybridized carbons (Fsp3) is 0.361. The van der Waals surface area contributed by atoms with E-state index in [1.54, 1.807) is 49.9 Å². The van der Waals surface area contributed by atoms with Gasteiger partial charge in [-0.3, -0.25) is 14.8 Å². The number of hydrogen-bond donors (Lipinski definition) is 2. The molecule has 10 heteroatoms. The van der Waals surface area contributed by atoms with Crippen molar-refractivity contribution in [3.8, 4) is 22.9 Å². The van der Waals surface area contributed by atoms with Crippen LogP contribution in [0.25, 0.3) is 22.3 Å². The van der Waals surface area contributed by atoms with Crippen molar-refractivity contribution in [2.45, 2.75) is 76.0 Å². The SMILES string of the molecule is CCC(CC)(C(=O)O)C(Cc1ccc(-c2ncc(OC)cn2)cc1)c1[nH]c2ccc(OCc3cnccn3)cc2c1SC(C)(C)C. The molecule has 2 N–H and O–H groups in total. The highest BCUT2D eigenvalue weighted by atomic mass is 32.2. The Kier molecular flexibility index (Phi) is 9.96. The number of methoxy groups -OCH3 is 1. The molecule has 2 aromatic carbocycles. The predicted molar refractivity (Wildman–Crippen MR) is 181 cm³/mol. The van der Waals surface area contributed by atoms with Gasteiger partial charge in [0.2, 0.25) is 0 Å². The van der Waals surface area contributed by atoms with Gasteiger partial charge in [-0.05, 0) is 43.0 Å². The molecule has 240 valence electrons. The molecule has 3 aromatic heterocycles. The third kappa shape index (κ3) is 7.17. The summed E-state index contributed by atoms with van der Waals surface area (Å²) in [6, 6.07) is 14.1. The number of nitrogens with zero attached hydrogens (tertiary/aromatic N) is 4. The molecule has 0 aliphatic carbocycles. The average Bonchev–Trinajstić information content (AvgIpc) is 3.40. The molecule has 0 saturated heterocycles. The molecule has 0 radical (unpaired) electrons. The fourth-order valence-electron chi connectivity index (χ4n) is 5.84. The maximum absolute atomic E-state index is 13.2. The molecule has 46 heavy (non-hydrogen) atoms. The van der Waals surface area contributed by atoms with Gasteiger partial charge >= 0.3 is 5.97 Å². The minimum atomic E-state index is -0.989. The molecule has 1 atom stereocenters. The zero-order valence-corrected chi connectivity index (χ0v) is 28.0. The fourth-order valence-corrected chi connectivity index (χ4v) is 7.04. The monoisotopic (exact) mass is 639 g/mol. The zero-order valence-electron chi connectivity index (χ0n) is 27.2. The maximum Gasteiger partial charge on any atom is 0.310 e. The van der Waals surface area contributed by atoms with Gasteiger partial charge in [-0.25, -0.2) is 9.97 Å². The van der Waals surface area contributed by atoms with Crippen LogP contribution in [0, 0.1) is 5.41 Å². The van der Waals surface area contributed by atoms with Crippen molar-refractivity contribution in [2.24, 2.45) is 5.41 Å². The minimum absolute atomic E-state index is 0.130. The molecule has 0 aliphatic rings.